The molecule has 11 nitrogen and oxygen atoms in total. The van der Waals surface area contributed by atoms with E-state index in [-0.39, 0.29) is 22.2 Å². The van der Waals surface area contributed by atoms with Crippen LogP contribution in [-0.2, 0) is 41.9 Å². The maximum absolute atomic E-state index is 14.2. The summed E-state index contributed by atoms with van der Waals surface area (Å²) >= 11 is 12.5. The third-order valence-corrected chi connectivity index (χ3v) is 6.82. The molecule has 41 heavy (non-hydrogen) atoms. The molecular formula is C28H33Cl2N3O8. The molecule has 1 amide bonds. The Morgan fingerprint density at radius 3 is 1.98 bits per heavy atom. The number of carbonyl (C=O) groups is 5. The van der Waals surface area contributed by atoms with Crippen molar-refractivity contribution >= 4 is 52.6 Å². The van der Waals surface area contributed by atoms with Gasteiger partial charge in [0.1, 0.15) is 6.61 Å². The van der Waals surface area contributed by atoms with Crippen LogP contribution in [0.25, 0.3) is 0 Å². The summed E-state index contributed by atoms with van der Waals surface area (Å²) in [6.45, 7) is 3.57. The Balaban J connectivity index is 2.57. The number of Topliss-reactive ketones (excluding diaryl/α,β-unsaturated/α-hetero) is 3. The zero-order valence-corrected chi connectivity index (χ0v) is 24.3. The Labute approximate surface area is 247 Å². The average Bonchev–Trinajstić information content (AvgIpc) is 2.91. The van der Waals surface area contributed by atoms with Gasteiger partial charge in [-0.3, -0.25) is 19.2 Å². The molecule has 222 valence electrons. The van der Waals surface area contributed by atoms with Crippen molar-refractivity contribution in [3.05, 3.63) is 69.7 Å². The highest BCUT2D eigenvalue weighted by Crippen LogP contribution is 2.30. The summed E-state index contributed by atoms with van der Waals surface area (Å²) in [4.78, 5) is 65.8. The van der Waals surface area contributed by atoms with Crippen LogP contribution >= 0.6 is 23.2 Å². The van der Waals surface area contributed by atoms with Gasteiger partial charge < -0.3 is 31.4 Å². The van der Waals surface area contributed by atoms with Gasteiger partial charge in [-0.05, 0) is 30.5 Å². The molecule has 4 atom stereocenters. The molecule has 2 unspecified atom stereocenters. The summed E-state index contributed by atoms with van der Waals surface area (Å²) < 4.78 is 11.0. The number of rotatable bonds is 15. The number of carbonyl (C=O) groups excluding carboxylic acids is 4. The smallest absolute Gasteiger partial charge is 0.408 e. The molecule has 6 N–H and O–H groups in total. The molecule has 0 aromatic heterocycles. The fourth-order valence-corrected chi connectivity index (χ4v) is 4.44. The van der Waals surface area contributed by atoms with E-state index in [9.17, 15) is 29.1 Å². The number of hydrogen-bond acceptors (Lipinski definition) is 9. The molecule has 0 aliphatic heterocycles. The number of nitrogens with one attached hydrogen (secondary N) is 1. The van der Waals surface area contributed by atoms with Crippen molar-refractivity contribution in [2.45, 2.75) is 64.1 Å². The molecule has 0 saturated carbocycles. The summed E-state index contributed by atoms with van der Waals surface area (Å²) in [5, 5.41) is 11.9. The topological polar surface area (TPSA) is 188 Å². The van der Waals surface area contributed by atoms with Crippen LogP contribution < -0.4 is 16.8 Å². The van der Waals surface area contributed by atoms with Gasteiger partial charge in [0, 0.05) is 15.6 Å². The first-order valence-corrected chi connectivity index (χ1v) is 13.4. The van der Waals surface area contributed by atoms with Crippen LogP contribution in [0.3, 0.4) is 0 Å². The van der Waals surface area contributed by atoms with Crippen molar-refractivity contribution in [1.82, 2.24) is 5.32 Å². The standard InChI is InChI=1S/C28H33Cl2N3O8/c1-15(2)23(33-27(39)40-13-17-8-5-4-6-9-17)26(38)28(24(36)16(3)31,25(37)21(32)12-22(34)35)41-14-18-19(29)10-7-11-20(18)30/h4-11,15-16,21,23H,12-14,31-32H2,1-3H3,(H,33,39)(H,34,35)/t16-,21?,23-,28?/m0/s1. The first-order chi connectivity index (χ1) is 19.2. The number of benzene rings is 2. The fourth-order valence-electron chi connectivity index (χ4n) is 3.94. The van der Waals surface area contributed by atoms with E-state index in [1.807, 2.05) is 0 Å². The summed E-state index contributed by atoms with van der Waals surface area (Å²) in [6.07, 6.45) is -1.94. The van der Waals surface area contributed by atoms with Crippen molar-refractivity contribution in [2.24, 2.45) is 17.4 Å². The molecular weight excluding hydrogens is 577 g/mol. The summed E-state index contributed by atoms with van der Waals surface area (Å²) in [6, 6.07) is 8.41. The number of halogens is 2. The maximum atomic E-state index is 14.2. The van der Waals surface area contributed by atoms with Gasteiger partial charge in [-0.25, -0.2) is 4.79 Å². The third-order valence-electron chi connectivity index (χ3n) is 6.12. The van der Waals surface area contributed by atoms with E-state index < -0.39 is 72.1 Å². The molecule has 0 fully saturated rings. The number of aliphatic carboxylic acids is 1. The van der Waals surface area contributed by atoms with Crippen LogP contribution in [0.4, 0.5) is 4.79 Å². The Morgan fingerprint density at radius 1 is 0.878 bits per heavy atom. The van der Waals surface area contributed by atoms with Gasteiger partial charge in [-0.15, -0.1) is 0 Å². The minimum absolute atomic E-state index is 0.109. The summed E-state index contributed by atoms with van der Waals surface area (Å²) in [5.74, 6) is -5.91. The first-order valence-electron chi connectivity index (χ1n) is 12.6. The van der Waals surface area contributed by atoms with Crippen LogP contribution in [0.1, 0.15) is 38.3 Å². The molecule has 0 bridgehead atoms. The van der Waals surface area contributed by atoms with Gasteiger partial charge in [0.2, 0.25) is 11.4 Å². The molecule has 0 saturated heterocycles. The number of amides is 1. The minimum Gasteiger partial charge on any atom is -0.481 e. The number of ketones is 3. The van der Waals surface area contributed by atoms with Crippen LogP contribution in [0.15, 0.2) is 48.5 Å². The van der Waals surface area contributed by atoms with Crippen molar-refractivity contribution < 1.29 is 38.6 Å². The predicted octanol–water partition coefficient (Wildman–Crippen LogP) is 3.06. The highest BCUT2D eigenvalue weighted by Gasteiger charge is 2.58. The zero-order chi connectivity index (χ0) is 30.9. The Morgan fingerprint density at radius 2 is 1.46 bits per heavy atom. The molecule has 0 aliphatic rings. The van der Waals surface area contributed by atoms with Gasteiger partial charge in [-0.1, -0.05) is 73.4 Å². The molecule has 13 heteroatoms. The van der Waals surface area contributed by atoms with Crippen molar-refractivity contribution in [1.29, 1.82) is 0 Å². The molecule has 0 radical (unpaired) electrons. The number of carboxylic acids is 1. The Hall–Kier alpha value is -3.35. The number of carboxylic acid groups (broad SMARTS) is 1. The molecule has 2 aromatic carbocycles. The first kappa shape index (κ1) is 33.9. The van der Waals surface area contributed by atoms with Gasteiger partial charge in [0.15, 0.2) is 11.6 Å². The molecule has 0 aliphatic carbocycles. The predicted molar refractivity (Wildman–Crippen MR) is 151 cm³/mol. The normalized spacial score (nSPS) is 14.8. The highest BCUT2D eigenvalue weighted by molar-refractivity contribution is 6.36. The molecule has 2 rings (SSSR count). The van der Waals surface area contributed by atoms with E-state index in [4.69, 9.17) is 44.1 Å². The second-order valence-corrected chi connectivity index (χ2v) is 10.5. The van der Waals surface area contributed by atoms with Crippen molar-refractivity contribution in [3.8, 4) is 0 Å². The van der Waals surface area contributed by atoms with E-state index in [1.54, 1.807) is 50.2 Å². The maximum Gasteiger partial charge on any atom is 0.408 e. The van der Waals surface area contributed by atoms with E-state index in [0.29, 0.717) is 5.56 Å². The van der Waals surface area contributed by atoms with Gasteiger partial charge >= 0.3 is 12.1 Å². The molecule has 0 spiro atoms. The largest absolute Gasteiger partial charge is 0.481 e. The lowest BCUT2D eigenvalue weighted by Crippen LogP contribution is -2.68. The molecule has 2 aromatic rings. The van der Waals surface area contributed by atoms with Crippen LogP contribution in [0.5, 0.6) is 0 Å². The second kappa shape index (κ2) is 15.0. The number of ether oxygens (including phenoxy) is 2. The Kier molecular flexibility index (Phi) is 12.4. The van der Waals surface area contributed by atoms with Crippen LogP contribution in [0.2, 0.25) is 10.0 Å². The average molecular weight is 610 g/mol. The fraction of sp³-hybridized carbons (Fsp3) is 0.393. The van der Waals surface area contributed by atoms with E-state index in [1.165, 1.54) is 19.1 Å². The Bertz CT molecular complexity index is 1250. The number of hydrogen-bond donors (Lipinski definition) is 4. The second-order valence-electron chi connectivity index (χ2n) is 9.68. The molecule has 0 heterocycles. The van der Waals surface area contributed by atoms with Gasteiger partial charge in [-0.2, -0.15) is 0 Å². The number of nitrogens with two attached hydrogens (primary N) is 2. The van der Waals surface area contributed by atoms with Crippen LogP contribution in [-0.4, -0.2) is 58.2 Å². The van der Waals surface area contributed by atoms with E-state index in [0.717, 1.165) is 0 Å². The van der Waals surface area contributed by atoms with Crippen molar-refractivity contribution in [2.75, 3.05) is 0 Å². The lowest BCUT2D eigenvalue weighted by molar-refractivity contribution is -0.171. The lowest BCUT2D eigenvalue weighted by atomic mass is 9.77. The zero-order valence-electron chi connectivity index (χ0n) is 22.8. The SMILES string of the molecule is CC(C)[C@H](NC(=O)OCc1ccccc1)C(=O)C(OCc1c(Cl)cccc1Cl)(C(=O)C(N)CC(=O)O)C(=O)[C@H](C)N. The highest BCUT2D eigenvalue weighted by atomic mass is 35.5. The lowest BCUT2D eigenvalue weighted by Gasteiger charge is -2.36. The summed E-state index contributed by atoms with van der Waals surface area (Å²) in [7, 11) is 0. The quantitative estimate of drug-likeness (QED) is 0.218. The minimum atomic E-state index is -3.02. The van der Waals surface area contributed by atoms with Crippen molar-refractivity contribution in [3.63, 3.8) is 0 Å². The number of alkyl carbamates (subject to hydrolysis) is 1. The van der Waals surface area contributed by atoms with Gasteiger partial charge in [0.25, 0.3) is 0 Å². The third kappa shape index (κ3) is 8.57. The van der Waals surface area contributed by atoms with E-state index >= 15 is 0 Å². The van der Waals surface area contributed by atoms with Crippen LogP contribution in [0, 0.1) is 5.92 Å². The monoisotopic (exact) mass is 609 g/mol. The van der Waals surface area contributed by atoms with Gasteiger partial charge in [0.05, 0.1) is 31.2 Å². The van der Waals surface area contributed by atoms with E-state index in [2.05, 4.69) is 5.32 Å². The summed E-state index contributed by atoms with van der Waals surface area (Å²) in [5.41, 5.74) is 9.53.